The first-order chi connectivity index (χ1) is 14.1. The molecule has 2 aromatic heterocycles. The van der Waals surface area contributed by atoms with E-state index in [0.717, 1.165) is 16.9 Å². The lowest BCUT2D eigenvalue weighted by Crippen LogP contribution is -2.32. The van der Waals surface area contributed by atoms with Crippen LogP contribution in [0.15, 0.2) is 22.3 Å². The van der Waals surface area contributed by atoms with Crippen molar-refractivity contribution in [3.05, 3.63) is 49.8 Å². The van der Waals surface area contributed by atoms with Gasteiger partial charge in [0.25, 0.3) is 5.56 Å². The molecule has 30 heavy (non-hydrogen) atoms. The molecule has 8 nitrogen and oxygen atoms in total. The molecule has 0 aliphatic heterocycles. The van der Waals surface area contributed by atoms with Gasteiger partial charge in [-0.2, -0.15) is 0 Å². The van der Waals surface area contributed by atoms with E-state index < -0.39 is 17.4 Å². The van der Waals surface area contributed by atoms with Crippen LogP contribution in [0.3, 0.4) is 0 Å². The normalized spacial score (nSPS) is 11.1. The zero-order chi connectivity index (χ0) is 22.2. The number of carboxylic acid groups (broad SMARTS) is 1. The Bertz CT molecular complexity index is 1220. The van der Waals surface area contributed by atoms with E-state index in [2.05, 4.69) is 10.3 Å². The Morgan fingerprint density at radius 2 is 2.07 bits per heavy atom. The standard InChI is InChI=1S/C20H20ClN3O5S/c1-9(2)17-23-18-16(11(8-30-18)20(27)28)19(26)24(17)7-15(25)22-13-5-10(3)12(21)6-14(13)29-4/h5-6,8-9H,7H2,1-4H3,(H,22,25)(H,27,28). The van der Waals surface area contributed by atoms with Gasteiger partial charge in [0.05, 0.1) is 23.7 Å². The topological polar surface area (TPSA) is 111 Å². The van der Waals surface area contributed by atoms with Gasteiger partial charge < -0.3 is 15.2 Å². The number of hydrogen-bond donors (Lipinski definition) is 2. The number of nitrogens with zero attached hydrogens (tertiary/aromatic N) is 2. The smallest absolute Gasteiger partial charge is 0.337 e. The third-order valence-corrected chi connectivity index (χ3v) is 5.81. The summed E-state index contributed by atoms with van der Waals surface area (Å²) in [6.07, 6.45) is 0. The SMILES string of the molecule is COc1cc(Cl)c(C)cc1NC(=O)Cn1c(C(C)C)nc2scc(C(=O)O)c2c1=O. The van der Waals surface area contributed by atoms with Crippen LogP contribution in [0.5, 0.6) is 5.75 Å². The second-order valence-electron chi connectivity index (χ2n) is 7.00. The van der Waals surface area contributed by atoms with Crippen molar-refractivity contribution in [3.8, 4) is 5.75 Å². The molecule has 0 saturated carbocycles. The predicted octanol–water partition coefficient (Wildman–Crippen LogP) is 3.89. The number of carbonyl (C=O) groups is 2. The number of rotatable bonds is 6. The van der Waals surface area contributed by atoms with Crippen molar-refractivity contribution in [2.45, 2.75) is 33.2 Å². The van der Waals surface area contributed by atoms with Gasteiger partial charge in [0, 0.05) is 22.4 Å². The van der Waals surface area contributed by atoms with Crippen molar-refractivity contribution in [3.63, 3.8) is 0 Å². The number of benzene rings is 1. The summed E-state index contributed by atoms with van der Waals surface area (Å²) in [5, 5.41) is 14.0. The zero-order valence-corrected chi connectivity index (χ0v) is 18.3. The van der Waals surface area contributed by atoms with Crippen LogP contribution in [0.25, 0.3) is 10.2 Å². The van der Waals surface area contributed by atoms with Crippen LogP contribution in [0, 0.1) is 6.92 Å². The van der Waals surface area contributed by atoms with E-state index >= 15 is 0 Å². The number of carbonyl (C=O) groups excluding carboxylic acids is 1. The average Bonchev–Trinajstić information content (AvgIpc) is 3.11. The molecular weight excluding hydrogens is 430 g/mol. The van der Waals surface area contributed by atoms with Crippen molar-refractivity contribution in [2.75, 3.05) is 12.4 Å². The molecule has 1 aromatic carbocycles. The lowest BCUT2D eigenvalue weighted by atomic mass is 10.1. The molecule has 3 rings (SSSR count). The molecule has 3 aromatic rings. The number of hydrogen-bond acceptors (Lipinski definition) is 6. The second kappa shape index (κ2) is 8.45. The summed E-state index contributed by atoms with van der Waals surface area (Å²) in [6, 6.07) is 3.27. The summed E-state index contributed by atoms with van der Waals surface area (Å²) in [4.78, 5) is 42.1. The van der Waals surface area contributed by atoms with E-state index in [9.17, 15) is 19.5 Å². The fourth-order valence-electron chi connectivity index (χ4n) is 3.05. The molecule has 0 spiro atoms. The summed E-state index contributed by atoms with van der Waals surface area (Å²) >= 11 is 7.19. The number of fused-ring (bicyclic) bond motifs is 1. The summed E-state index contributed by atoms with van der Waals surface area (Å²) < 4.78 is 6.48. The predicted molar refractivity (Wildman–Crippen MR) is 116 cm³/mol. The monoisotopic (exact) mass is 449 g/mol. The van der Waals surface area contributed by atoms with Gasteiger partial charge in [-0.3, -0.25) is 14.2 Å². The van der Waals surface area contributed by atoms with Gasteiger partial charge in [-0.05, 0) is 18.6 Å². The number of methoxy groups -OCH3 is 1. The van der Waals surface area contributed by atoms with Crippen LogP contribution in [0.4, 0.5) is 5.69 Å². The Labute approximate surface area is 181 Å². The Kier molecular flexibility index (Phi) is 6.14. The minimum absolute atomic E-state index is 0.00428. The van der Waals surface area contributed by atoms with E-state index in [-0.39, 0.29) is 23.4 Å². The van der Waals surface area contributed by atoms with Gasteiger partial charge in [-0.25, -0.2) is 9.78 Å². The fourth-order valence-corrected chi connectivity index (χ4v) is 4.12. The van der Waals surface area contributed by atoms with Gasteiger partial charge in [-0.15, -0.1) is 11.3 Å². The van der Waals surface area contributed by atoms with Crippen molar-refractivity contribution in [2.24, 2.45) is 0 Å². The first-order valence-corrected chi connectivity index (χ1v) is 10.3. The Morgan fingerprint density at radius 3 is 2.67 bits per heavy atom. The quantitative estimate of drug-likeness (QED) is 0.590. The number of ether oxygens (including phenoxy) is 1. The molecule has 10 heteroatoms. The minimum Gasteiger partial charge on any atom is -0.495 e. The van der Waals surface area contributed by atoms with Gasteiger partial charge >= 0.3 is 5.97 Å². The number of halogens is 1. The molecule has 0 fully saturated rings. The molecular formula is C20H20ClN3O5S. The van der Waals surface area contributed by atoms with E-state index in [4.69, 9.17) is 16.3 Å². The third-order valence-electron chi connectivity index (χ3n) is 4.53. The molecule has 0 atom stereocenters. The average molecular weight is 450 g/mol. The van der Waals surface area contributed by atoms with Gasteiger partial charge in [0.15, 0.2) is 0 Å². The Morgan fingerprint density at radius 1 is 1.37 bits per heavy atom. The summed E-state index contributed by atoms with van der Waals surface area (Å²) in [6.45, 7) is 5.16. The maximum atomic E-state index is 13.1. The van der Waals surface area contributed by atoms with E-state index in [0.29, 0.717) is 27.1 Å². The number of aryl methyl sites for hydroxylation is 1. The highest BCUT2D eigenvalue weighted by atomic mass is 35.5. The third kappa shape index (κ3) is 4.03. The summed E-state index contributed by atoms with van der Waals surface area (Å²) in [5.41, 5.74) is 0.489. The molecule has 158 valence electrons. The highest BCUT2D eigenvalue weighted by molar-refractivity contribution is 7.17. The molecule has 2 N–H and O–H groups in total. The largest absolute Gasteiger partial charge is 0.495 e. The van der Waals surface area contributed by atoms with E-state index in [1.54, 1.807) is 19.1 Å². The zero-order valence-electron chi connectivity index (χ0n) is 16.8. The Hall–Kier alpha value is -2.91. The number of amides is 1. The molecule has 0 saturated heterocycles. The van der Waals surface area contributed by atoms with Crippen LogP contribution < -0.4 is 15.6 Å². The Balaban J connectivity index is 2.03. The number of aromatic nitrogens is 2. The minimum atomic E-state index is -1.21. The maximum absolute atomic E-state index is 13.1. The van der Waals surface area contributed by atoms with Gasteiger partial charge in [0.2, 0.25) is 5.91 Å². The number of thiophene rings is 1. The molecule has 0 bridgehead atoms. The first-order valence-electron chi connectivity index (χ1n) is 9.03. The maximum Gasteiger partial charge on any atom is 0.337 e. The summed E-state index contributed by atoms with van der Waals surface area (Å²) in [5.74, 6) is -1.06. The van der Waals surface area contributed by atoms with Crippen molar-refractivity contribution >= 4 is 50.7 Å². The number of anilines is 1. The fraction of sp³-hybridized carbons (Fsp3) is 0.300. The number of carboxylic acids is 1. The number of aromatic carboxylic acids is 1. The van der Waals surface area contributed by atoms with Crippen LogP contribution in [0.2, 0.25) is 5.02 Å². The van der Waals surface area contributed by atoms with Crippen LogP contribution in [-0.2, 0) is 11.3 Å². The van der Waals surface area contributed by atoms with Crippen molar-refractivity contribution in [1.82, 2.24) is 9.55 Å². The van der Waals surface area contributed by atoms with Crippen LogP contribution in [0.1, 0.15) is 41.5 Å². The second-order valence-corrected chi connectivity index (χ2v) is 8.27. The van der Waals surface area contributed by atoms with Gasteiger partial charge in [0.1, 0.15) is 22.9 Å². The lowest BCUT2D eigenvalue weighted by Gasteiger charge is -2.16. The lowest BCUT2D eigenvalue weighted by molar-refractivity contribution is -0.116. The molecule has 0 unspecified atom stereocenters. The first kappa shape index (κ1) is 21.8. The number of nitrogens with one attached hydrogen (secondary N) is 1. The van der Waals surface area contributed by atoms with Crippen LogP contribution >= 0.6 is 22.9 Å². The highest BCUT2D eigenvalue weighted by Gasteiger charge is 2.22. The van der Waals surface area contributed by atoms with Gasteiger partial charge in [-0.1, -0.05) is 25.4 Å². The van der Waals surface area contributed by atoms with Crippen molar-refractivity contribution in [1.29, 1.82) is 0 Å². The highest BCUT2D eigenvalue weighted by Crippen LogP contribution is 2.31. The molecule has 0 aliphatic carbocycles. The van der Waals surface area contributed by atoms with Crippen LogP contribution in [-0.4, -0.2) is 33.6 Å². The molecule has 2 heterocycles. The molecule has 0 radical (unpaired) electrons. The van der Waals surface area contributed by atoms with E-state index in [1.165, 1.54) is 17.1 Å². The molecule has 1 amide bonds. The summed E-state index contributed by atoms with van der Waals surface area (Å²) in [7, 11) is 1.46. The molecule has 0 aliphatic rings. The van der Waals surface area contributed by atoms with E-state index in [1.807, 2.05) is 13.8 Å². The van der Waals surface area contributed by atoms with Crippen molar-refractivity contribution < 1.29 is 19.4 Å².